The normalized spacial score (nSPS) is 17.1. The van der Waals surface area contributed by atoms with Crippen molar-refractivity contribution >= 4 is 33.4 Å². The van der Waals surface area contributed by atoms with Gasteiger partial charge in [-0.3, -0.25) is 0 Å². The molecule has 0 amide bonds. The smallest absolute Gasteiger partial charge is 0.230 e. The summed E-state index contributed by atoms with van der Waals surface area (Å²) in [6.45, 7) is 6.20. The monoisotopic (exact) mass is 560 g/mol. The molecule has 3 heterocycles. The van der Waals surface area contributed by atoms with Gasteiger partial charge in [0.2, 0.25) is 21.9 Å². The molecule has 2 aliphatic rings. The number of hydrogen-bond acceptors (Lipinski definition) is 9. The highest BCUT2D eigenvalue weighted by atomic mass is 32.2. The number of anilines is 3. The molecule has 11 heteroatoms. The molecule has 0 spiro atoms. The molecule has 2 aliphatic heterocycles. The zero-order chi connectivity index (χ0) is 28.3. The van der Waals surface area contributed by atoms with E-state index in [0.717, 1.165) is 58.7 Å². The third kappa shape index (κ3) is 6.59. The Labute approximate surface area is 234 Å². The molecule has 40 heavy (non-hydrogen) atoms. The van der Waals surface area contributed by atoms with Gasteiger partial charge in [-0.2, -0.15) is 10.2 Å². The summed E-state index contributed by atoms with van der Waals surface area (Å²) in [5.74, 6) is 1.57. The first kappa shape index (κ1) is 27.6. The molecule has 1 atom stereocenters. The molecule has 3 aromatic rings. The topological polar surface area (TPSA) is 129 Å². The maximum absolute atomic E-state index is 11.7. The van der Waals surface area contributed by atoms with Gasteiger partial charge in [0.25, 0.3) is 0 Å². The minimum atomic E-state index is -3.24. The molecule has 0 bridgehead atoms. The zero-order valence-corrected chi connectivity index (χ0v) is 23.6. The summed E-state index contributed by atoms with van der Waals surface area (Å²) in [6, 6.07) is 13.8. The lowest BCUT2D eigenvalue weighted by molar-refractivity contribution is 0.132. The SMILES string of the molecule is Cc1cc(/C=C/C#N)cc(C)c1Oc1nc(Nc2ccc(N3CCCC(NS(C)(=O)=O)C3)cc2)nc2c1COC2. The Bertz CT molecular complexity index is 1560. The molecule has 2 aromatic carbocycles. The van der Waals surface area contributed by atoms with Gasteiger partial charge in [-0.1, -0.05) is 0 Å². The first-order chi connectivity index (χ1) is 19.2. The van der Waals surface area contributed by atoms with E-state index in [1.165, 1.54) is 12.3 Å². The quantitative estimate of drug-likeness (QED) is 0.376. The fourth-order valence-electron chi connectivity index (χ4n) is 5.13. The molecule has 1 saturated heterocycles. The number of allylic oxidation sites excluding steroid dienone is 1. The molecular formula is C29H32N6O4S. The van der Waals surface area contributed by atoms with E-state index in [2.05, 4.69) is 24.9 Å². The van der Waals surface area contributed by atoms with Crippen molar-refractivity contribution in [1.82, 2.24) is 14.7 Å². The number of benzene rings is 2. The van der Waals surface area contributed by atoms with Gasteiger partial charge in [-0.05, 0) is 85.9 Å². The van der Waals surface area contributed by atoms with Gasteiger partial charge in [0.15, 0.2) is 0 Å². The third-order valence-electron chi connectivity index (χ3n) is 6.86. The summed E-state index contributed by atoms with van der Waals surface area (Å²) < 4.78 is 38.0. The Kier molecular flexibility index (Phi) is 8.02. The number of piperidine rings is 1. The van der Waals surface area contributed by atoms with Crippen molar-refractivity contribution in [2.45, 2.75) is 45.9 Å². The number of aromatic nitrogens is 2. The van der Waals surface area contributed by atoms with E-state index in [9.17, 15) is 8.42 Å². The van der Waals surface area contributed by atoms with Gasteiger partial charge >= 0.3 is 0 Å². The summed E-state index contributed by atoms with van der Waals surface area (Å²) in [5.41, 5.74) is 6.24. The van der Waals surface area contributed by atoms with E-state index in [4.69, 9.17) is 14.7 Å². The highest BCUT2D eigenvalue weighted by Crippen LogP contribution is 2.35. The van der Waals surface area contributed by atoms with Crippen LogP contribution < -0.4 is 19.7 Å². The fraction of sp³-hybridized carbons (Fsp3) is 0.345. The molecule has 5 rings (SSSR count). The summed E-state index contributed by atoms with van der Waals surface area (Å²) in [6.07, 6.45) is 6.16. The van der Waals surface area contributed by atoms with Crippen LogP contribution in [0.4, 0.5) is 17.3 Å². The second kappa shape index (κ2) is 11.6. The van der Waals surface area contributed by atoms with Crippen molar-refractivity contribution in [2.24, 2.45) is 0 Å². The summed E-state index contributed by atoms with van der Waals surface area (Å²) in [7, 11) is -3.24. The van der Waals surface area contributed by atoms with Crippen LogP contribution in [0.15, 0.2) is 42.5 Å². The van der Waals surface area contributed by atoms with Crippen molar-refractivity contribution in [1.29, 1.82) is 5.26 Å². The predicted molar refractivity (Wildman–Crippen MR) is 154 cm³/mol. The Morgan fingerprint density at radius 3 is 2.60 bits per heavy atom. The molecule has 0 saturated carbocycles. The second-order valence-electron chi connectivity index (χ2n) is 10.2. The van der Waals surface area contributed by atoms with E-state index < -0.39 is 10.0 Å². The lowest BCUT2D eigenvalue weighted by atomic mass is 10.1. The standard InChI is InChI=1S/C29H32N6O4S/c1-19-14-21(6-4-12-30)15-20(2)27(19)39-28-25-17-38-18-26(25)32-29(33-28)31-22-8-10-24(11-9-22)35-13-5-7-23(16-35)34-40(3,36)37/h4,6,8-11,14-15,23,34H,5,7,13,16-18H2,1-3H3,(H,31,32,33)/b6-4+. The molecule has 1 aromatic heterocycles. The minimum Gasteiger partial charge on any atom is -0.438 e. The van der Waals surface area contributed by atoms with Crippen molar-refractivity contribution in [3.63, 3.8) is 0 Å². The lowest BCUT2D eigenvalue weighted by Crippen LogP contribution is -2.47. The van der Waals surface area contributed by atoms with Crippen LogP contribution in [0.2, 0.25) is 0 Å². The Balaban J connectivity index is 1.33. The Hall–Kier alpha value is -3.98. The van der Waals surface area contributed by atoms with Crippen molar-refractivity contribution < 1.29 is 17.9 Å². The van der Waals surface area contributed by atoms with E-state index in [-0.39, 0.29) is 6.04 Å². The summed E-state index contributed by atoms with van der Waals surface area (Å²) in [4.78, 5) is 11.5. The molecule has 10 nitrogen and oxygen atoms in total. The van der Waals surface area contributed by atoms with Gasteiger partial charge in [0, 0.05) is 36.6 Å². The van der Waals surface area contributed by atoms with Crippen molar-refractivity contribution in [3.05, 3.63) is 70.4 Å². The van der Waals surface area contributed by atoms with E-state index >= 15 is 0 Å². The molecule has 2 N–H and O–H groups in total. The van der Waals surface area contributed by atoms with E-state index in [1.807, 2.05) is 56.3 Å². The van der Waals surface area contributed by atoms with Gasteiger partial charge < -0.3 is 19.7 Å². The van der Waals surface area contributed by atoms with Crippen LogP contribution in [0.3, 0.4) is 0 Å². The maximum atomic E-state index is 11.7. The van der Waals surface area contributed by atoms with E-state index in [0.29, 0.717) is 37.3 Å². The van der Waals surface area contributed by atoms with Gasteiger partial charge in [-0.25, -0.2) is 18.1 Å². The average Bonchev–Trinajstić information content (AvgIpc) is 3.38. The third-order valence-corrected chi connectivity index (χ3v) is 7.62. The van der Waals surface area contributed by atoms with Crippen LogP contribution in [-0.4, -0.2) is 43.8 Å². The minimum absolute atomic E-state index is 0.0977. The Morgan fingerprint density at radius 2 is 1.90 bits per heavy atom. The summed E-state index contributed by atoms with van der Waals surface area (Å²) >= 11 is 0. The fourth-order valence-corrected chi connectivity index (χ4v) is 5.93. The predicted octanol–water partition coefficient (Wildman–Crippen LogP) is 4.71. The van der Waals surface area contributed by atoms with Crippen LogP contribution in [0.5, 0.6) is 11.6 Å². The molecule has 1 fully saturated rings. The summed E-state index contributed by atoms with van der Waals surface area (Å²) in [5, 5.41) is 12.1. The second-order valence-corrected chi connectivity index (χ2v) is 11.9. The largest absolute Gasteiger partial charge is 0.438 e. The molecule has 0 radical (unpaired) electrons. The number of nitrogens with zero attached hydrogens (tertiary/aromatic N) is 4. The molecule has 0 aliphatic carbocycles. The number of nitrogens with one attached hydrogen (secondary N) is 2. The molecular weight excluding hydrogens is 528 g/mol. The van der Waals surface area contributed by atoms with Crippen molar-refractivity contribution in [2.75, 3.05) is 29.6 Å². The highest BCUT2D eigenvalue weighted by Gasteiger charge is 2.24. The number of sulfonamides is 1. The highest BCUT2D eigenvalue weighted by molar-refractivity contribution is 7.88. The van der Waals surface area contributed by atoms with Crippen molar-refractivity contribution in [3.8, 4) is 17.7 Å². The molecule has 208 valence electrons. The number of ether oxygens (including phenoxy) is 2. The number of fused-ring (bicyclic) bond motifs is 1. The van der Waals surface area contributed by atoms with Crippen LogP contribution in [0, 0.1) is 25.2 Å². The zero-order valence-electron chi connectivity index (χ0n) is 22.8. The van der Waals surface area contributed by atoms with E-state index in [1.54, 1.807) is 6.08 Å². The number of nitriles is 1. The van der Waals surface area contributed by atoms with Crippen LogP contribution in [0.1, 0.15) is 40.8 Å². The number of rotatable bonds is 8. The lowest BCUT2D eigenvalue weighted by Gasteiger charge is -2.34. The van der Waals surface area contributed by atoms with Gasteiger partial charge in [0.1, 0.15) is 5.75 Å². The number of aryl methyl sites for hydroxylation is 2. The first-order valence-corrected chi connectivity index (χ1v) is 15.0. The average molecular weight is 561 g/mol. The van der Waals surface area contributed by atoms with Crippen LogP contribution >= 0.6 is 0 Å². The first-order valence-electron chi connectivity index (χ1n) is 13.1. The molecule has 1 unspecified atom stereocenters. The van der Waals surface area contributed by atoms with Gasteiger partial charge in [0.05, 0.1) is 36.8 Å². The van der Waals surface area contributed by atoms with Crippen LogP contribution in [-0.2, 0) is 28.0 Å². The number of hydrogen-bond donors (Lipinski definition) is 2. The van der Waals surface area contributed by atoms with Crippen LogP contribution in [0.25, 0.3) is 6.08 Å². The Morgan fingerprint density at radius 1 is 1.15 bits per heavy atom. The maximum Gasteiger partial charge on any atom is 0.230 e. The van der Waals surface area contributed by atoms with Gasteiger partial charge in [-0.15, -0.1) is 0 Å².